The minimum atomic E-state index is -0.540. The van der Waals surface area contributed by atoms with Crippen LogP contribution in [-0.4, -0.2) is 23.1 Å². The number of nitrogens with zero attached hydrogens (tertiary/aromatic N) is 1. The van der Waals surface area contributed by atoms with Gasteiger partial charge in [-0.2, -0.15) is 0 Å². The summed E-state index contributed by atoms with van der Waals surface area (Å²) in [4.78, 5) is 23.9. The van der Waals surface area contributed by atoms with Gasteiger partial charge < -0.3 is 14.6 Å². The molecular formula is C19H15BrN2O3. The van der Waals surface area contributed by atoms with Crippen LogP contribution in [0.4, 0.5) is 5.69 Å². The molecule has 1 N–H and O–H groups in total. The lowest BCUT2D eigenvalue weighted by Gasteiger charge is -2.08. The van der Waals surface area contributed by atoms with Crippen molar-refractivity contribution >= 4 is 33.5 Å². The standard InChI is InChI=1S/C19H15BrN2O3/c20-16-5-1-2-6-17(16)21-18(23)13-25-19(24)14-7-9-15(10-8-14)22-11-3-4-12-22/h1-12H,13H2,(H,21,23). The van der Waals surface area contributed by atoms with Crippen LogP contribution in [0.5, 0.6) is 0 Å². The molecular weight excluding hydrogens is 384 g/mol. The quantitative estimate of drug-likeness (QED) is 0.659. The number of carbonyl (C=O) groups is 2. The van der Waals surface area contributed by atoms with Gasteiger partial charge in [0.05, 0.1) is 11.3 Å². The zero-order valence-corrected chi connectivity index (χ0v) is 14.8. The summed E-state index contributed by atoms with van der Waals surface area (Å²) in [5.41, 5.74) is 1.96. The highest BCUT2D eigenvalue weighted by atomic mass is 79.9. The van der Waals surface area contributed by atoms with Crippen molar-refractivity contribution in [2.24, 2.45) is 0 Å². The summed E-state index contributed by atoms with van der Waals surface area (Å²) < 4.78 is 7.75. The number of hydrogen-bond donors (Lipinski definition) is 1. The van der Waals surface area contributed by atoms with Crippen LogP contribution in [0.3, 0.4) is 0 Å². The Labute approximate surface area is 153 Å². The van der Waals surface area contributed by atoms with E-state index in [1.165, 1.54) is 0 Å². The third-order valence-electron chi connectivity index (χ3n) is 3.49. The average Bonchev–Trinajstić information content (AvgIpc) is 3.16. The molecule has 0 spiro atoms. The van der Waals surface area contributed by atoms with Crippen molar-refractivity contribution in [3.63, 3.8) is 0 Å². The smallest absolute Gasteiger partial charge is 0.338 e. The first-order valence-corrected chi connectivity index (χ1v) is 8.38. The third kappa shape index (κ3) is 4.36. The van der Waals surface area contributed by atoms with E-state index < -0.39 is 11.9 Å². The monoisotopic (exact) mass is 398 g/mol. The van der Waals surface area contributed by atoms with E-state index >= 15 is 0 Å². The Kier molecular flexibility index (Phi) is 5.30. The molecule has 6 heteroatoms. The normalized spacial score (nSPS) is 10.3. The van der Waals surface area contributed by atoms with Crippen LogP contribution in [0.15, 0.2) is 77.5 Å². The van der Waals surface area contributed by atoms with Gasteiger partial charge in [-0.3, -0.25) is 4.79 Å². The van der Waals surface area contributed by atoms with Crippen molar-refractivity contribution in [3.05, 3.63) is 83.1 Å². The molecule has 0 saturated heterocycles. The van der Waals surface area contributed by atoms with Crippen molar-refractivity contribution in [2.45, 2.75) is 0 Å². The largest absolute Gasteiger partial charge is 0.452 e. The van der Waals surface area contributed by atoms with Crippen LogP contribution in [0.25, 0.3) is 5.69 Å². The minimum absolute atomic E-state index is 0.348. The van der Waals surface area contributed by atoms with Crippen molar-refractivity contribution < 1.29 is 14.3 Å². The molecule has 25 heavy (non-hydrogen) atoms. The molecule has 0 aliphatic heterocycles. The fraction of sp³-hybridized carbons (Fsp3) is 0.0526. The lowest BCUT2D eigenvalue weighted by Crippen LogP contribution is -2.21. The van der Waals surface area contributed by atoms with E-state index in [4.69, 9.17) is 4.74 Å². The van der Waals surface area contributed by atoms with E-state index in [1.807, 2.05) is 53.4 Å². The summed E-state index contributed by atoms with van der Waals surface area (Å²) in [6, 6.07) is 18.0. The molecule has 0 radical (unpaired) electrons. The highest BCUT2D eigenvalue weighted by Gasteiger charge is 2.11. The van der Waals surface area contributed by atoms with Crippen molar-refractivity contribution in [1.82, 2.24) is 4.57 Å². The zero-order chi connectivity index (χ0) is 17.6. The fourth-order valence-electron chi connectivity index (χ4n) is 2.24. The number of benzene rings is 2. The number of rotatable bonds is 5. The lowest BCUT2D eigenvalue weighted by atomic mass is 10.2. The predicted octanol–water partition coefficient (Wildman–Crippen LogP) is 4.04. The Morgan fingerprint density at radius 2 is 1.64 bits per heavy atom. The Balaban J connectivity index is 1.55. The van der Waals surface area contributed by atoms with Gasteiger partial charge in [0, 0.05) is 22.6 Å². The first kappa shape index (κ1) is 17.0. The fourth-order valence-corrected chi connectivity index (χ4v) is 2.62. The molecule has 0 fully saturated rings. The van der Waals surface area contributed by atoms with Gasteiger partial charge in [-0.05, 0) is 64.5 Å². The highest BCUT2D eigenvalue weighted by Crippen LogP contribution is 2.21. The maximum absolute atomic E-state index is 12.0. The predicted molar refractivity (Wildman–Crippen MR) is 98.8 cm³/mol. The van der Waals surface area contributed by atoms with Gasteiger partial charge in [0.1, 0.15) is 0 Å². The van der Waals surface area contributed by atoms with Gasteiger partial charge in [0.25, 0.3) is 5.91 Å². The van der Waals surface area contributed by atoms with Gasteiger partial charge in [0.15, 0.2) is 6.61 Å². The van der Waals surface area contributed by atoms with Gasteiger partial charge in [-0.25, -0.2) is 4.79 Å². The summed E-state index contributed by atoms with van der Waals surface area (Å²) in [5, 5.41) is 2.68. The Morgan fingerprint density at radius 3 is 2.32 bits per heavy atom. The molecule has 0 bridgehead atoms. The number of para-hydroxylation sites is 1. The van der Waals surface area contributed by atoms with Crippen LogP contribution in [0.1, 0.15) is 10.4 Å². The molecule has 0 atom stereocenters. The molecule has 1 aromatic heterocycles. The second kappa shape index (κ2) is 7.81. The van der Waals surface area contributed by atoms with Crippen molar-refractivity contribution in [1.29, 1.82) is 0 Å². The average molecular weight is 399 g/mol. The Bertz CT molecular complexity index is 874. The second-order valence-electron chi connectivity index (χ2n) is 5.24. The van der Waals surface area contributed by atoms with E-state index in [9.17, 15) is 9.59 Å². The zero-order valence-electron chi connectivity index (χ0n) is 13.2. The van der Waals surface area contributed by atoms with Gasteiger partial charge in [-0.15, -0.1) is 0 Å². The molecule has 0 unspecified atom stereocenters. The second-order valence-corrected chi connectivity index (χ2v) is 6.10. The number of nitrogens with one attached hydrogen (secondary N) is 1. The van der Waals surface area contributed by atoms with Gasteiger partial charge in [0.2, 0.25) is 0 Å². The Hall–Kier alpha value is -2.86. The van der Waals surface area contributed by atoms with E-state index in [0.29, 0.717) is 11.3 Å². The number of hydrogen-bond acceptors (Lipinski definition) is 3. The molecule has 0 aliphatic carbocycles. The summed E-state index contributed by atoms with van der Waals surface area (Å²) in [5.74, 6) is -0.939. The number of amides is 1. The molecule has 3 rings (SSSR count). The first-order valence-electron chi connectivity index (χ1n) is 7.58. The van der Waals surface area contributed by atoms with Crippen LogP contribution in [-0.2, 0) is 9.53 Å². The number of aromatic nitrogens is 1. The number of ether oxygens (including phenoxy) is 1. The molecule has 5 nitrogen and oxygen atoms in total. The molecule has 2 aromatic carbocycles. The first-order chi connectivity index (χ1) is 12.1. The van der Waals surface area contributed by atoms with Crippen LogP contribution >= 0.6 is 15.9 Å². The van der Waals surface area contributed by atoms with Crippen molar-refractivity contribution in [3.8, 4) is 5.69 Å². The molecule has 1 heterocycles. The highest BCUT2D eigenvalue weighted by molar-refractivity contribution is 9.10. The van der Waals surface area contributed by atoms with Crippen LogP contribution in [0, 0.1) is 0 Å². The molecule has 0 aliphatic rings. The molecule has 1 amide bonds. The topological polar surface area (TPSA) is 60.3 Å². The maximum Gasteiger partial charge on any atom is 0.338 e. The maximum atomic E-state index is 12.0. The molecule has 3 aromatic rings. The van der Waals surface area contributed by atoms with E-state index in [-0.39, 0.29) is 6.61 Å². The number of anilines is 1. The summed E-state index contributed by atoms with van der Waals surface area (Å²) in [6.45, 7) is -0.348. The lowest BCUT2D eigenvalue weighted by molar-refractivity contribution is -0.119. The molecule has 0 saturated carbocycles. The third-order valence-corrected chi connectivity index (χ3v) is 4.18. The van der Waals surface area contributed by atoms with Crippen LogP contribution in [0.2, 0.25) is 0 Å². The van der Waals surface area contributed by atoms with Gasteiger partial charge >= 0.3 is 5.97 Å². The minimum Gasteiger partial charge on any atom is -0.452 e. The SMILES string of the molecule is O=C(COC(=O)c1ccc(-n2cccc2)cc1)Nc1ccccc1Br. The van der Waals surface area contributed by atoms with Crippen LogP contribution < -0.4 is 5.32 Å². The molecule has 126 valence electrons. The van der Waals surface area contributed by atoms with E-state index in [1.54, 1.807) is 24.3 Å². The van der Waals surface area contributed by atoms with E-state index in [0.717, 1.165) is 10.2 Å². The number of halogens is 1. The van der Waals surface area contributed by atoms with Gasteiger partial charge in [-0.1, -0.05) is 12.1 Å². The summed E-state index contributed by atoms with van der Waals surface area (Å²) in [6.07, 6.45) is 3.83. The van der Waals surface area contributed by atoms with E-state index in [2.05, 4.69) is 21.2 Å². The summed E-state index contributed by atoms with van der Waals surface area (Å²) in [7, 11) is 0. The summed E-state index contributed by atoms with van der Waals surface area (Å²) >= 11 is 3.34. The number of carbonyl (C=O) groups excluding carboxylic acids is 2. The van der Waals surface area contributed by atoms with Crippen molar-refractivity contribution in [2.75, 3.05) is 11.9 Å². The Morgan fingerprint density at radius 1 is 0.960 bits per heavy atom. The number of esters is 1.